The lowest BCUT2D eigenvalue weighted by Crippen LogP contribution is -2.12. The number of hydrogen-bond donors (Lipinski definition) is 1. The van der Waals surface area contributed by atoms with Gasteiger partial charge in [0.2, 0.25) is 15.9 Å². The van der Waals surface area contributed by atoms with E-state index in [4.69, 9.17) is 9.56 Å². The molecule has 7 nitrogen and oxygen atoms in total. The Bertz CT molecular complexity index is 961. The molecule has 0 aliphatic rings. The highest BCUT2D eigenvalue weighted by atomic mass is 32.2. The Labute approximate surface area is 133 Å². The number of nitrogens with two attached hydrogens (primary N) is 1. The third-order valence-electron chi connectivity index (χ3n) is 3.06. The van der Waals surface area contributed by atoms with Gasteiger partial charge < -0.3 is 4.42 Å². The van der Waals surface area contributed by atoms with Crippen molar-refractivity contribution in [1.82, 2.24) is 14.8 Å². The summed E-state index contributed by atoms with van der Waals surface area (Å²) in [4.78, 5) is 3.64. The van der Waals surface area contributed by atoms with Crippen LogP contribution in [0.1, 0.15) is 5.69 Å². The summed E-state index contributed by atoms with van der Waals surface area (Å²) in [5, 5.41) is 8.50. The van der Waals surface area contributed by atoms with E-state index in [1.807, 2.05) is 0 Å². The van der Waals surface area contributed by atoms with E-state index in [0.29, 0.717) is 0 Å². The Balaban J connectivity index is 2.14. The van der Waals surface area contributed by atoms with Crippen molar-refractivity contribution < 1.29 is 26.0 Å². The van der Waals surface area contributed by atoms with Crippen molar-refractivity contribution in [2.75, 3.05) is 0 Å². The van der Waals surface area contributed by atoms with Crippen LogP contribution in [-0.2, 0) is 16.2 Å². The largest absolute Gasteiger partial charge is 0.443 e. The second-order valence-corrected chi connectivity index (χ2v) is 6.26. The Kier molecular flexibility index (Phi) is 3.68. The first-order valence-electron chi connectivity index (χ1n) is 6.36. The SMILES string of the molecule is NS(=O)(=O)c1ccc(-n2nc(C(F)(F)F)cc2-c2ncco2)cc1. The van der Waals surface area contributed by atoms with Crippen LogP contribution < -0.4 is 5.14 Å². The van der Waals surface area contributed by atoms with Crippen LogP contribution in [0.15, 0.2) is 52.1 Å². The van der Waals surface area contributed by atoms with Gasteiger partial charge in [-0.2, -0.15) is 18.3 Å². The van der Waals surface area contributed by atoms with Gasteiger partial charge >= 0.3 is 6.18 Å². The molecule has 2 N–H and O–H groups in total. The summed E-state index contributed by atoms with van der Waals surface area (Å²) in [6.07, 6.45) is -2.17. The van der Waals surface area contributed by atoms with Gasteiger partial charge in [-0.1, -0.05) is 0 Å². The van der Waals surface area contributed by atoms with Crippen molar-refractivity contribution in [3.8, 4) is 17.3 Å². The van der Waals surface area contributed by atoms with Crippen molar-refractivity contribution in [2.24, 2.45) is 5.14 Å². The standard InChI is InChI=1S/C13H9F3N4O3S/c14-13(15,16)11-7-10(12-18-5-6-23-12)20(19-11)8-1-3-9(4-2-8)24(17,21)22/h1-7H,(H2,17,21,22). The smallest absolute Gasteiger partial charge is 0.435 e. The summed E-state index contributed by atoms with van der Waals surface area (Å²) < 4.78 is 67.3. The number of aromatic nitrogens is 3. The molecule has 0 bridgehead atoms. The van der Waals surface area contributed by atoms with Crippen molar-refractivity contribution in [1.29, 1.82) is 0 Å². The number of rotatable bonds is 3. The van der Waals surface area contributed by atoms with Gasteiger partial charge in [0.1, 0.15) is 12.0 Å². The first-order chi connectivity index (χ1) is 11.2. The van der Waals surface area contributed by atoms with Gasteiger partial charge in [0.25, 0.3) is 0 Å². The van der Waals surface area contributed by atoms with Gasteiger partial charge in [-0.3, -0.25) is 0 Å². The van der Waals surface area contributed by atoms with Crippen LogP contribution in [0, 0.1) is 0 Å². The molecule has 0 aliphatic carbocycles. The molecule has 0 spiro atoms. The second-order valence-electron chi connectivity index (χ2n) is 4.70. The normalized spacial score (nSPS) is 12.5. The zero-order chi connectivity index (χ0) is 17.5. The topological polar surface area (TPSA) is 104 Å². The van der Waals surface area contributed by atoms with Gasteiger partial charge in [0, 0.05) is 6.07 Å². The van der Waals surface area contributed by atoms with E-state index in [9.17, 15) is 21.6 Å². The predicted molar refractivity (Wildman–Crippen MR) is 75.4 cm³/mol. The molecule has 0 amide bonds. The molecule has 1 aromatic carbocycles. The molecule has 0 unspecified atom stereocenters. The minimum atomic E-state index is -4.66. The first-order valence-corrected chi connectivity index (χ1v) is 7.91. The monoisotopic (exact) mass is 358 g/mol. The maximum atomic E-state index is 12.9. The van der Waals surface area contributed by atoms with Crippen LogP contribution in [0.25, 0.3) is 17.3 Å². The molecule has 0 aliphatic heterocycles. The molecular formula is C13H9F3N4O3S. The van der Waals surface area contributed by atoms with Gasteiger partial charge in [0.05, 0.1) is 16.8 Å². The predicted octanol–water partition coefficient (Wildman–Crippen LogP) is 2.19. The van der Waals surface area contributed by atoms with Crippen LogP contribution in [0.2, 0.25) is 0 Å². The minimum absolute atomic E-state index is 0.0318. The molecule has 2 heterocycles. The molecule has 11 heteroatoms. The lowest BCUT2D eigenvalue weighted by Gasteiger charge is -2.06. The molecular weight excluding hydrogens is 349 g/mol. The van der Waals surface area contributed by atoms with E-state index >= 15 is 0 Å². The second kappa shape index (κ2) is 5.46. The summed E-state index contributed by atoms with van der Waals surface area (Å²) in [6, 6.07) is 5.68. The van der Waals surface area contributed by atoms with Crippen molar-refractivity contribution >= 4 is 10.0 Å². The first kappa shape index (κ1) is 16.2. The fourth-order valence-corrected chi connectivity index (χ4v) is 2.51. The molecule has 24 heavy (non-hydrogen) atoms. The summed E-state index contributed by atoms with van der Waals surface area (Å²) in [7, 11) is -3.91. The number of hydrogen-bond acceptors (Lipinski definition) is 5. The quantitative estimate of drug-likeness (QED) is 0.773. The Morgan fingerprint density at radius 3 is 2.33 bits per heavy atom. The number of benzene rings is 1. The van der Waals surface area contributed by atoms with E-state index in [-0.39, 0.29) is 22.2 Å². The zero-order valence-electron chi connectivity index (χ0n) is 11.7. The summed E-state index contributed by atoms with van der Waals surface area (Å²) in [6.45, 7) is 0. The maximum absolute atomic E-state index is 12.9. The lowest BCUT2D eigenvalue weighted by molar-refractivity contribution is -0.141. The van der Waals surface area contributed by atoms with Gasteiger partial charge in [-0.15, -0.1) is 0 Å². The average molecular weight is 358 g/mol. The Morgan fingerprint density at radius 1 is 1.17 bits per heavy atom. The van der Waals surface area contributed by atoms with E-state index in [2.05, 4.69) is 10.1 Å². The highest BCUT2D eigenvalue weighted by Crippen LogP contribution is 2.32. The molecule has 126 valence electrons. The lowest BCUT2D eigenvalue weighted by atomic mass is 10.3. The highest BCUT2D eigenvalue weighted by Gasteiger charge is 2.36. The molecule has 0 atom stereocenters. The van der Waals surface area contributed by atoms with Gasteiger partial charge in [-0.05, 0) is 24.3 Å². The van der Waals surface area contributed by atoms with E-state index < -0.39 is 21.9 Å². The van der Waals surface area contributed by atoms with Crippen molar-refractivity contribution in [3.05, 3.63) is 48.5 Å². The number of oxazole rings is 1. The van der Waals surface area contributed by atoms with Crippen molar-refractivity contribution in [2.45, 2.75) is 11.1 Å². The number of alkyl halides is 3. The molecule has 2 aromatic heterocycles. The maximum Gasteiger partial charge on any atom is 0.435 e. The summed E-state index contributed by atoms with van der Waals surface area (Å²) >= 11 is 0. The number of halogens is 3. The van der Waals surface area contributed by atoms with E-state index in [0.717, 1.165) is 10.7 Å². The molecule has 0 fully saturated rings. The van der Waals surface area contributed by atoms with Crippen LogP contribution in [0.3, 0.4) is 0 Å². The fourth-order valence-electron chi connectivity index (χ4n) is 2.00. The van der Waals surface area contributed by atoms with Crippen LogP contribution in [-0.4, -0.2) is 23.2 Å². The summed E-state index contributed by atoms with van der Waals surface area (Å²) in [5.41, 5.74) is -0.979. The van der Waals surface area contributed by atoms with E-state index in [1.165, 1.54) is 36.7 Å². The van der Waals surface area contributed by atoms with E-state index in [1.54, 1.807) is 0 Å². The molecule has 0 saturated heterocycles. The third kappa shape index (κ3) is 3.03. The van der Waals surface area contributed by atoms with Gasteiger partial charge in [0.15, 0.2) is 5.69 Å². The van der Waals surface area contributed by atoms with Crippen molar-refractivity contribution in [3.63, 3.8) is 0 Å². The Morgan fingerprint density at radius 2 is 1.83 bits per heavy atom. The van der Waals surface area contributed by atoms with Crippen LogP contribution in [0.5, 0.6) is 0 Å². The summed E-state index contributed by atoms with van der Waals surface area (Å²) in [5.74, 6) is -0.0616. The number of nitrogens with zero attached hydrogens (tertiary/aromatic N) is 3. The minimum Gasteiger partial charge on any atom is -0.443 e. The molecule has 0 radical (unpaired) electrons. The number of sulfonamides is 1. The zero-order valence-corrected chi connectivity index (χ0v) is 12.5. The third-order valence-corrected chi connectivity index (χ3v) is 3.99. The number of primary sulfonamides is 1. The molecule has 3 rings (SSSR count). The molecule has 3 aromatic rings. The molecule has 0 saturated carbocycles. The Hall–Kier alpha value is -2.66. The fraction of sp³-hybridized carbons (Fsp3) is 0.0769. The average Bonchev–Trinajstić information content (AvgIpc) is 3.15. The van der Waals surface area contributed by atoms with Crippen LogP contribution >= 0.6 is 0 Å². The van der Waals surface area contributed by atoms with Crippen LogP contribution in [0.4, 0.5) is 13.2 Å². The van der Waals surface area contributed by atoms with Gasteiger partial charge in [-0.25, -0.2) is 23.2 Å². The highest BCUT2D eigenvalue weighted by molar-refractivity contribution is 7.89.